The Bertz CT molecular complexity index is 1080. The van der Waals surface area contributed by atoms with Crippen LogP contribution in [-0.2, 0) is 19.5 Å². The third-order valence-corrected chi connectivity index (χ3v) is 5.77. The first-order valence-corrected chi connectivity index (χ1v) is 10.3. The summed E-state index contributed by atoms with van der Waals surface area (Å²) >= 11 is 6.18. The van der Waals surface area contributed by atoms with Crippen LogP contribution in [0.4, 0.5) is 14.6 Å². The van der Waals surface area contributed by atoms with Crippen molar-refractivity contribution in [3.63, 3.8) is 0 Å². The topological polar surface area (TPSA) is 97.9 Å². The monoisotopic (exact) mass is 444 g/mol. The van der Waals surface area contributed by atoms with Crippen molar-refractivity contribution in [2.24, 2.45) is 0 Å². The Morgan fingerprint density at radius 1 is 1.26 bits per heavy atom. The van der Waals surface area contributed by atoms with E-state index in [0.29, 0.717) is 50.3 Å². The summed E-state index contributed by atoms with van der Waals surface area (Å²) in [6.45, 7) is 1.36. The van der Waals surface area contributed by atoms with Crippen molar-refractivity contribution in [1.82, 2.24) is 14.9 Å². The van der Waals surface area contributed by atoms with Crippen LogP contribution in [0, 0.1) is 28.6 Å². The van der Waals surface area contributed by atoms with Crippen molar-refractivity contribution in [2.45, 2.75) is 44.6 Å². The summed E-state index contributed by atoms with van der Waals surface area (Å²) in [6, 6.07) is 7.30. The zero-order valence-corrected chi connectivity index (χ0v) is 17.3. The number of hydrogen-bond donors (Lipinski definition) is 1. The first-order chi connectivity index (χ1) is 15.0. The Hall–Kier alpha value is -3.01. The number of nitriles is 2. The van der Waals surface area contributed by atoms with Gasteiger partial charge in [-0.05, 0) is 18.1 Å². The SMILES string of the molecule is N#CCNc1nc(Cl)c(C#N)c2c1CCN(Cc1ccc(O[C@H]3C[C@H](F)C3)nc1F)C2. The van der Waals surface area contributed by atoms with E-state index in [1.165, 1.54) is 0 Å². The summed E-state index contributed by atoms with van der Waals surface area (Å²) in [5, 5.41) is 21.4. The second-order valence-corrected chi connectivity index (χ2v) is 7.93. The summed E-state index contributed by atoms with van der Waals surface area (Å²) in [6.07, 6.45) is 0.0840. The first kappa shape index (κ1) is 21.2. The molecule has 2 aromatic heterocycles. The number of halogens is 3. The molecule has 3 heterocycles. The van der Waals surface area contributed by atoms with Crippen LogP contribution in [0.25, 0.3) is 0 Å². The molecule has 0 bridgehead atoms. The van der Waals surface area contributed by atoms with Crippen molar-refractivity contribution < 1.29 is 13.5 Å². The molecule has 0 aromatic carbocycles. The molecule has 0 radical (unpaired) electrons. The van der Waals surface area contributed by atoms with E-state index in [0.717, 1.165) is 11.1 Å². The summed E-state index contributed by atoms with van der Waals surface area (Å²) in [7, 11) is 0. The lowest BCUT2D eigenvalue weighted by Gasteiger charge is -2.31. The highest BCUT2D eigenvalue weighted by molar-refractivity contribution is 6.30. The van der Waals surface area contributed by atoms with Crippen molar-refractivity contribution in [1.29, 1.82) is 10.5 Å². The van der Waals surface area contributed by atoms with Gasteiger partial charge in [-0.3, -0.25) is 4.90 Å². The minimum Gasteiger partial charge on any atom is -0.474 e. The first-order valence-electron chi connectivity index (χ1n) is 9.89. The predicted octanol–water partition coefficient (Wildman–Crippen LogP) is 3.51. The van der Waals surface area contributed by atoms with Crippen molar-refractivity contribution >= 4 is 17.4 Å². The second-order valence-electron chi connectivity index (χ2n) is 7.58. The molecule has 7 nitrogen and oxygen atoms in total. The van der Waals surface area contributed by atoms with Gasteiger partial charge in [0.2, 0.25) is 11.8 Å². The maximum atomic E-state index is 14.5. The number of ether oxygens (including phenoxy) is 1. The van der Waals surface area contributed by atoms with Crippen LogP contribution < -0.4 is 10.1 Å². The van der Waals surface area contributed by atoms with Gasteiger partial charge in [-0.15, -0.1) is 0 Å². The molecule has 31 heavy (non-hydrogen) atoms. The van der Waals surface area contributed by atoms with Gasteiger partial charge < -0.3 is 10.1 Å². The molecule has 4 rings (SSSR count). The lowest BCUT2D eigenvalue weighted by molar-refractivity contribution is 0.0371. The summed E-state index contributed by atoms with van der Waals surface area (Å²) < 4.78 is 33.0. The number of anilines is 1. The molecule has 0 atom stereocenters. The minimum absolute atomic E-state index is 0.0729. The Morgan fingerprint density at radius 3 is 2.74 bits per heavy atom. The summed E-state index contributed by atoms with van der Waals surface area (Å²) in [5.74, 6) is 0.0186. The molecule has 160 valence electrons. The van der Waals surface area contributed by atoms with E-state index in [-0.39, 0.29) is 29.2 Å². The molecule has 1 fully saturated rings. The third kappa shape index (κ3) is 4.53. The van der Waals surface area contributed by atoms with Gasteiger partial charge in [0.1, 0.15) is 35.9 Å². The fourth-order valence-corrected chi connectivity index (χ4v) is 4.05. The summed E-state index contributed by atoms with van der Waals surface area (Å²) in [5.41, 5.74) is 2.27. The Balaban J connectivity index is 1.49. The van der Waals surface area contributed by atoms with Crippen LogP contribution in [0.3, 0.4) is 0 Å². The number of aromatic nitrogens is 2. The molecule has 2 aromatic rings. The normalized spacial score (nSPS) is 20.2. The van der Waals surface area contributed by atoms with Gasteiger partial charge in [0, 0.05) is 49.7 Å². The molecular weight excluding hydrogens is 426 g/mol. The van der Waals surface area contributed by atoms with Gasteiger partial charge in [-0.2, -0.15) is 19.9 Å². The lowest BCUT2D eigenvalue weighted by atomic mass is 9.94. The van der Waals surface area contributed by atoms with E-state index >= 15 is 0 Å². The second kappa shape index (κ2) is 9.01. The van der Waals surface area contributed by atoms with Gasteiger partial charge in [0.25, 0.3) is 0 Å². The average Bonchev–Trinajstić information content (AvgIpc) is 2.73. The lowest BCUT2D eigenvalue weighted by Crippen LogP contribution is -2.35. The number of nitrogens with one attached hydrogen (secondary N) is 1. The van der Waals surface area contributed by atoms with Crippen LogP contribution in [-0.4, -0.2) is 40.2 Å². The van der Waals surface area contributed by atoms with Gasteiger partial charge >= 0.3 is 0 Å². The number of pyridine rings is 2. The molecular formula is C21H19ClF2N6O. The highest BCUT2D eigenvalue weighted by atomic mass is 35.5. The number of hydrogen-bond acceptors (Lipinski definition) is 7. The molecule has 1 N–H and O–H groups in total. The molecule has 1 aliphatic carbocycles. The molecule has 0 saturated heterocycles. The Labute approximate surface area is 183 Å². The maximum absolute atomic E-state index is 14.5. The van der Waals surface area contributed by atoms with Crippen molar-refractivity contribution in [2.75, 3.05) is 18.4 Å². The maximum Gasteiger partial charge on any atom is 0.220 e. The van der Waals surface area contributed by atoms with Crippen LogP contribution in [0.1, 0.15) is 35.1 Å². The van der Waals surface area contributed by atoms with E-state index in [4.69, 9.17) is 21.6 Å². The van der Waals surface area contributed by atoms with Gasteiger partial charge in [0.15, 0.2) is 0 Å². The molecule has 0 unspecified atom stereocenters. The van der Waals surface area contributed by atoms with Gasteiger partial charge in [0.05, 0.1) is 11.6 Å². The minimum atomic E-state index is -0.853. The number of rotatable bonds is 6. The Kier molecular flexibility index (Phi) is 6.17. The van der Waals surface area contributed by atoms with E-state index < -0.39 is 12.1 Å². The molecule has 0 amide bonds. The zero-order chi connectivity index (χ0) is 22.0. The molecule has 2 aliphatic rings. The zero-order valence-electron chi connectivity index (χ0n) is 16.5. The Morgan fingerprint density at radius 2 is 2.06 bits per heavy atom. The molecule has 0 spiro atoms. The number of fused-ring (bicyclic) bond motifs is 1. The fraction of sp³-hybridized carbons (Fsp3) is 0.429. The highest BCUT2D eigenvalue weighted by Gasteiger charge is 2.31. The summed E-state index contributed by atoms with van der Waals surface area (Å²) in [4.78, 5) is 10.1. The fourth-order valence-electron chi connectivity index (χ4n) is 3.81. The average molecular weight is 445 g/mol. The van der Waals surface area contributed by atoms with Gasteiger partial charge in [-0.25, -0.2) is 9.37 Å². The molecule has 1 saturated carbocycles. The number of nitrogens with zero attached hydrogens (tertiary/aromatic N) is 5. The molecule has 10 heteroatoms. The smallest absolute Gasteiger partial charge is 0.220 e. The largest absolute Gasteiger partial charge is 0.474 e. The van der Waals surface area contributed by atoms with E-state index in [1.54, 1.807) is 12.1 Å². The van der Waals surface area contributed by atoms with E-state index in [1.807, 2.05) is 11.0 Å². The van der Waals surface area contributed by atoms with Gasteiger partial charge in [-0.1, -0.05) is 11.6 Å². The van der Waals surface area contributed by atoms with E-state index in [9.17, 15) is 14.0 Å². The van der Waals surface area contributed by atoms with Crippen LogP contribution >= 0.6 is 11.6 Å². The standard InChI is InChI=1S/C21H19ClF2N6O/c22-19-16(9-26)17-11-30(6-3-15(17)21(29-19)27-5-4-25)10-12-1-2-18(28-20(12)24)31-14-7-13(23)8-14/h1-2,13-14H,3,5-8,10-11H2,(H,27,29)/t13-,14-. The van der Waals surface area contributed by atoms with Crippen LogP contribution in [0.5, 0.6) is 5.88 Å². The van der Waals surface area contributed by atoms with E-state index in [2.05, 4.69) is 21.4 Å². The molecule has 1 aliphatic heterocycles. The number of alkyl halides is 1. The quantitative estimate of drug-likeness (QED) is 0.537. The van der Waals surface area contributed by atoms with Crippen LogP contribution in [0.15, 0.2) is 12.1 Å². The van der Waals surface area contributed by atoms with Crippen LogP contribution in [0.2, 0.25) is 5.15 Å². The van der Waals surface area contributed by atoms with Crippen molar-refractivity contribution in [3.8, 4) is 18.0 Å². The highest BCUT2D eigenvalue weighted by Crippen LogP contribution is 2.32. The predicted molar refractivity (Wildman–Crippen MR) is 109 cm³/mol. The van der Waals surface area contributed by atoms with Crippen molar-refractivity contribution in [3.05, 3.63) is 45.5 Å². The third-order valence-electron chi connectivity index (χ3n) is 5.49.